The van der Waals surface area contributed by atoms with Crippen molar-refractivity contribution in [1.82, 2.24) is 20.2 Å². The number of benzene rings is 1. The number of tetrazole rings is 1. The zero-order valence-electron chi connectivity index (χ0n) is 15.1. The fourth-order valence-electron chi connectivity index (χ4n) is 3.01. The summed E-state index contributed by atoms with van der Waals surface area (Å²) in [7, 11) is 5.87. The monoisotopic (exact) mass is 361 g/mol. The molecule has 0 fully saturated rings. The average Bonchev–Trinajstić information content (AvgIpc) is 3.12. The molecular weight excluding hydrogens is 342 g/mol. The number of nitrogens with one attached hydrogen (secondary N) is 1. The fraction of sp³-hybridized carbons (Fsp3) is 0.375. The van der Waals surface area contributed by atoms with E-state index in [9.17, 15) is 4.79 Å². The van der Waals surface area contributed by atoms with Crippen LogP contribution in [0.15, 0.2) is 23.4 Å². The van der Waals surface area contributed by atoms with Crippen molar-refractivity contribution in [2.24, 2.45) is 0 Å². The van der Waals surface area contributed by atoms with Crippen LogP contribution in [-0.2, 0) is 9.53 Å². The number of esters is 1. The van der Waals surface area contributed by atoms with E-state index in [1.807, 2.05) is 0 Å². The van der Waals surface area contributed by atoms with E-state index in [0.717, 1.165) is 0 Å². The molecule has 10 nitrogen and oxygen atoms in total. The Labute approximate surface area is 149 Å². The van der Waals surface area contributed by atoms with Crippen LogP contribution in [0.4, 0.5) is 5.95 Å². The summed E-state index contributed by atoms with van der Waals surface area (Å²) < 4.78 is 22.8. The van der Waals surface area contributed by atoms with Crippen molar-refractivity contribution in [2.75, 3.05) is 33.8 Å². The molecule has 26 heavy (non-hydrogen) atoms. The third kappa shape index (κ3) is 2.59. The van der Waals surface area contributed by atoms with Gasteiger partial charge < -0.3 is 24.3 Å². The number of aromatic nitrogens is 4. The summed E-state index contributed by atoms with van der Waals surface area (Å²) in [6.07, 6.45) is 0. The molecule has 0 saturated heterocycles. The smallest absolute Gasteiger partial charge is 0.338 e. The molecule has 1 aliphatic heterocycles. The molecule has 0 radical (unpaired) electrons. The van der Waals surface area contributed by atoms with Crippen molar-refractivity contribution in [2.45, 2.75) is 13.0 Å². The predicted molar refractivity (Wildman–Crippen MR) is 90.4 cm³/mol. The van der Waals surface area contributed by atoms with Gasteiger partial charge in [0, 0.05) is 11.3 Å². The molecule has 1 atom stereocenters. The Hall–Kier alpha value is -3.30. The lowest BCUT2D eigenvalue weighted by Crippen LogP contribution is -2.29. The summed E-state index contributed by atoms with van der Waals surface area (Å²) in [5, 5.41) is 14.6. The minimum atomic E-state index is -0.663. The molecular formula is C16H19N5O5. The van der Waals surface area contributed by atoms with Gasteiger partial charge in [0.2, 0.25) is 11.7 Å². The van der Waals surface area contributed by atoms with Gasteiger partial charge in [0.25, 0.3) is 0 Å². The first-order chi connectivity index (χ1) is 12.6. The molecule has 0 spiro atoms. The molecule has 0 bridgehead atoms. The van der Waals surface area contributed by atoms with Crippen LogP contribution in [-0.4, -0.2) is 54.6 Å². The second kappa shape index (κ2) is 6.90. The van der Waals surface area contributed by atoms with Gasteiger partial charge in [0.05, 0.1) is 34.0 Å². The second-order valence-electron chi connectivity index (χ2n) is 5.43. The third-order valence-electron chi connectivity index (χ3n) is 4.15. The minimum absolute atomic E-state index is 0.359. The Kier molecular flexibility index (Phi) is 4.65. The van der Waals surface area contributed by atoms with Crippen LogP contribution in [0.5, 0.6) is 17.2 Å². The van der Waals surface area contributed by atoms with Crippen molar-refractivity contribution in [3.05, 3.63) is 29.0 Å². The Balaban J connectivity index is 2.28. The van der Waals surface area contributed by atoms with Crippen LogP contribution in [0, 0.1) is 0 Å². The SMILES string of the molecule is COC(=O)C1=C(C)Nc2nnnn2C1c1ccc(OC)c(OC)c1OC. The molecule has 3 rings (SSSR count). The molecule has 1 unspecified atom stereocenters. The highest BCUT2D eigenvalue weighted by Crippen LogP contribution is 2.46. The maximum absolute atomic E-state index is 12.5. The standard InChI is InChI=1S/C16H19N5O5/c1-8-11(15(22)26-5)12(21-16(17-8)18-19-20-21)9-6-7-10(23-2)14(25-4)13(9)24-3/h6-7,12H,1-5H3,(H,17,18,20). The molecule has 10 heteroatoms. The van der Waals surface area contributed by atoms with Gasteiger partial charge in [-0.2, -0.15) is 4.68 Å². The van der Waals surface area contributed by atoms with Crippen molar-refractivity contribution in [1.29, 1.82) is 0 Å². The number of anilines is 1. The predicted octanol–water partition coefficient (Wildman–Crippen LogP) is 1.16. The van der Waals surface area contributed by atoms with Crippen LogP contribution in [0.1, 0.15) is 18.5 Å². The maximum atomic E-state index is 12.5. The van der Waals surface area contributed by atoms with E-state index in [2.05, 4.69) is 20.8 Å². The van der Waals surface area contributed by atoms with E-state index in [-0.39, 0.29) is 0 Å². The lowest BCUT2D eigenvalue weighted by molar-refractivity contribution is -0.136. The number of fused-ring (bicyclic) bond motifs is 1. The van der Waals surface area contributed by atoms with E-state index in [1.54, 1.807) is 19.1 Å². The molecule has 1 aromatic carbocycles. The van der Waals surface area contributed by atoms with Crippen LogP contribution in [0.2, 0.25) is 0 Å². The summed E-state index contributed by atoms with van der Waals surface area (Å²) in [6.45, 7) is 1.75. The Morgan fingerprint density at radius 2 is 1.85 bits per heavy atom. The summed E-state index contributed by atoms with van der Waals surface area (Å²) >= 11 is 0. The van der Waals surface area contributed by atoms with Gasteiger partial charge in [0.1, 0.15) is 6.04 Å². The summed E-state index contributed by atoms with van der Waals surface area (Å²) in [5.74, 6) is 1.21. The molecule has 0 aliphatic carbocycles. The number of methoxy groups -OCH3 is 4. The van der Waals surface area contributed by atoms with E-state index >= 15 is 0 Å². The molecule has 0 amide bonds. The fourth-order valence-corrected chi connectivity index (χ4v) is 3.01. The van der Waals surface area contributed by atoms with E-state index in [0.29, 0.717) is 40.0 Å². The highest BCUT2D eigenvalue weighted by molar-refractivity contribution is 5.92. The third-order valence-corrected chi connectivity index (χ3v) is 4.15. The second-order valence-corrected chi connectivity index (χ2v) is 5.43. The van der Waals surface area contributed by atoms with Gasteiger partial charge in [-0.3, -0.25) is 0 Å². The normalized spacial score (nSPS) is 15.8. The zero-order valence-corrected chi connectivity index (χ0v) is 15.1. The molecule has 0 saturated carbocycles. The van der Waals surface area contributed by atoms with Crippen LogP contribution in [0.3, 0.4) is 0 Å². The molecule has 138 valence electrons. The molecule has 2 aromatic rings. The van der Waals surface area contributed by atoms with Crippen molar-refractivity contribution in [3.8, 4) is 17.2 Å². The molecule has 2 heterocycles. The number of nitrogens with zero attached hydrogens (tertiary/aromatic N) is 4. The number of ether oxygens (including phenoxy) is 4. The van der Waals surface area contributed by atoms with Gasteiger partial charge in [-0.25, -0.2) is 4.79 Å². The van der Waals surface area contributed by atoms with Crippen LogP contribution >= 0.6 is 0 Å². The van der Waals surface area contributed by atoms with Gasteiger partial charge >= 0.3 is 5.97 Å². The van der Waals surface area contributed by atoms with Gasteiger partial charge in [-0.15, -0.1) is 0 Å². The first-order valence-electron chi connectivity index (χ1n) is 7.70. The number of hydrogen-bond acceptors (Lipinski definition) is 9. The summed E-state index contributed by atoms with van der Waals surface area (Å²) in [5.41, 5.74) is 1.57. The number of allylic oxidation sites excluding steroid dienone is 1. The quantitative estimate of drug-likeness (QED) is 0.784. The van der Waals surface area contributed by atoms with Gasteiger partial charge in [-0.05, 0) is 29.5 Å². The van der Waals surface area contributed by atoms with Crippen molar-refractivity contribution < 1.29 is 23.7 Å². The highest BCUT2D eigenvalue weighted by atomic mass is 16.5. The minimum Gasteiger partial charge on any atom is -0.493 e. The van der Waals surface area contributed by atoms with Gasteiger partial charge in [-0.1, -0.05) is 5.10 Å². The van der Waals surface area contributed by atoms with Crippen LogP contribution < -0.4 is 19.5 Å². The number of rotatable bonds is 5. The van der Waals surface area contributed by atoms with Crippen molar-refractivity contribution in [3.63, 3.8) is 0 Å². The lowest BCUT2D eigenvalue weighted by atomic mass is 9.94. The van der Waals surface area contributed by atoms with E-state index in [4.69, 9.17) is 18.9 Å². The molecule has 1 aromatic heterocycles. The van der Waals surface area contributed by atoms with Crippen LogP contribution in [0.25, 0.3) is 0 Å². The first kappa shape index (κ1) is 17.5. The highest BCUT2D eigenvalue weighted by Gasteiger charge is 2.37. The molecule has 1 aliphatic rings. The largest absolute Gasteiger partial charge is 0.493 e. The molecule has 1 N–H and O–H groups in total. The average molecular weight is 361 g/mol. The summed E-state index contributed by atoms with van der Waals surface area (Å²) in [6, 6.07) is 2.84. The van der Waals surface area contributed by atoms with E-state index < -0.39 is 12.0 Å². The first-order valence-corrected chi connectivity index (χ1v) is 7.70. The van der Waals surface area contributed by atoms with Crippen molar-refractivity contribution >= 4 is 11.9 Å². The maximum Gasteiger partial charge on any atom is 0.338 e. The number of carbonyl (C=O) groups excluding carboxylic acids is 1. The zero-order chi connectivity index (χ0) is 18.8. The Bertz CT molecular complexity index is 876. The number of carbonyl (C=O) groups is 1. The Morgan fingerprint density at radius 3 is 2.46 bits per heavy atom. The number of hydrogen-bond donors (Lipinski definition) is 1. The van der Waals surface area contributed by atoms with Gasteiger partial charge in [0.15, 0.2) is 11.5 Å². The Morgan fingerprint density at radius 1 is 1.12 bits per heavy atom. The topological polar surface area (TPSA) is 110 Å². The van der Waals surface area contributed by atoms with E-state index in [1.165, 1.54) is 33.1 Å². The summed E-state index contributed by atoms with van der Waals surface area (Å²) in [4.78, 5) is 12.5. The lowest BCUT2D eigenvalue weighted by Gasteiger charge is -2.28.